The Morgan fingerprint density at radius 1 is 1.23 bits per heavy atom. The summed E-state index contributed by atoms with van der Waals surface area (Å²) >= 11 is 1.67. The summed E-state index contributed by atoms with van der Waals surface area (Å²) in [5, 5.41) is 6.12. The van der Waals surface area contributed by atoms with Gasteiger partial charge in [-0.3, -0.25) is 4.90 Å². The summed E-state index contributed by atoms with van der Waals surface area (Å²) in [6, 6.07) is 5.22. The predicted octanol–water partition coefficient (Wildman–Crippen LogP) is 2.82. The van der Waals surface area contributed by atoms with Gasteiger partial charge >= 0.3 is 6.03 Å². The highest BCUT2D eigenvalue weighted by molar-refractivity contribution is 7.09. The zero-order valence-corrected chi connectivity index (χ0v) is 16.1. The molecule has 0 spiro atoms. The summed E-state index contributed by atoms with van der Waals surface area (Å²) < 4.78 is 10.5. The first-order chi connectivity index (χ1) is 12.6. The van der Waals surface area contributed by atoms with Crippen LogP contribution >= 0.6 is 11.3 Å². The fourth-order valence-corrected chi connectivity index (χ4v) is 3.53. The molecule has 1 aromatic carbocycles. The average Bonchev–Trinajstić information content (AvgIpc) is 3.07. The summed E-state index contributed by atoms with van der Waals surface area (Å²) in [5.41, 5.74) is 1.71. The molecule has 1 aliphatic heterocycles. The van der Waals surface area contributed by atoms with Crippen molar-refractivity contribution < 1.29 is 14.3 Å². The number of nitrogens with zero attached hydrogens (tertiary/aromatic N) is 3. The highest BCUT2D eigenvalue weighted by atomic mass is 32.1. The second-order valence-corrected chi connectivity index (χ2v) is 7.18. The topological polar surface area (TPSA) is 66.9 Å². The molecular formula is C18H24N4O3S. The maximum atomic E-state index is 12.6. The van der Waals surface area contributed by atoms with E-state index < -0.39 is 0 Å². The van der Waals surface area contributed by atoms with Gasteiger partial charge < -0.3 is 19.7 Å². The van der Waals surface area contributed by atoms with Gasteiger partial charge in [-0.2, -0.15) is 0 Å². The Morgan fingerprint density at radius 2 is 2.00 bits per heavy atom. The Kier molecular flexibility index (Phi) is 5.95. The van der Waals surface area contributed by atoms with Gasteiger partial charge in [0.15, 0.2) is 0 Å². The average molecular weight is 376 g/mol. The van der Waals surface area contributed by atoms with E-state index in [9.17, 15) is 4.79 Å². The van der Waals surface area contributed by atoms with Crippen molar-refractivity contribution in [2.24, 2.45) is 0 Å². The third kappa shape index (κ3) is 4.44. The first kappa shape index (κ1) is 18.5. The van der Waals surface area contributed by atoms with E-state index in [1.165, 1.54) is 0 Å². The van der Waals surface area contributed by atoms with Crippen LogP contribution in [0.2, 0.25) is 0 Å². The molecule has 140 valence electrons. The quantitative estimate of drug-likeness (QED) is 0.869. The minimum atomic E-state index is -0.124. The number of hydrogen-bond donors (Lipinski definition) is 1. The number of aryl methyl sites for hydroxylation is 1. The number of rotatable bonds is 5. The maximum Gasteiger partial charge on any atom is 0.322 e. The molecular weight excluding hydrogens is 352 g/mol. The van der Waals surface area contributed by atoms with Crippen LogP contribution in [0.3, 0.4) is 0 Å². The molecule has 26 heavy (non-hydrogen) atoms. The number of nitrogens with one attached hydrogen (secondary N) is 1. The van der Waals surface area contributed by atoms with Crippen molar-refractivity contribution in [2.45, 2.75) is 13.5 Å². The number of piperazine rings is 1. The third-order valence-electron chi connectivity index (χ3n) is 4.36. The van der Waals surface area contributed by atoms with Crippen molar-refractivity contribution in [3.63, 3.8) is 0 Å². The van der Waals surface area contributed by atoms with Crippen LogP contribution < -0.4 is 14.8 Å². The lowest BCUT2D eigenvalue weighted by atomic mass is 10.2. The molecule has 1 aromatic heterocycles. The van der Waals surface area contributed by atoms with Crippen LogP contribution in [0.25, 0.3) is 0 Å². The number of hydrogen-bond acceptors (Lipinski definition) is 6. The van der Waals surface area contributed by atoms with E-state index in [0.29, 0.717) is 30.3 Å². The Hall–Kier alpha value is -2.32. The fourth-order valence-electron chi connectivity index (χ4n) is 2.93. The lowest BCUT2D eigenvalue weighted by Gasteiger charge is -2.34. The van der Waals surface area contributed by atoms with Crippen molar-refractivity contribution in [1.29, 1.82) is 0 Å². The number of aromatic nitrogens is 1. The van der Waals surface area contributed by atoms with E-state index in [0.717, 1.165) is 30.3 Å². The van der Waals surface area contributed by atoms with E-state index >= 15 is 0 Å². The Labute approximate surface area is 157 Å². The van der Waals surface area contributed by atoms with Crippen molar-refractivity contribution in [2.75, 3.05) is 45.7 Å². The molecule has 1 N–H and O–H groups in total. The van der Waals surface area contributed by atoms with Crippen LogP contribution in [0.4, 0.5) is 10.5 Å². The molecule has 1 saturated heterocycles. The Morgan fingerprint density at radius 3 is 2.62 bits per heavy atom. The summed E-state index contributed by atoms with van der Waals surface area (Å²) in [6.07, 6.45) is 0. The van der Waals surface area contributed by atoms with Crippen LogP contribution in [-0.2, 0) is 6.54 Å². The number of thiazole rings is 1. The molecule has 0 aliphatic carbocycles. The number of urea groups is 1. The van der Waals surface area contributed by atoms with Crippen molar-refractivity contribution in [3.05, 3.63) is 34.3 Å². The van der Waals surface area contributed by atoms with Crippen molar-refractivity contribution >= 4 is 23.1 Å². The highest BCUT2D eigenvalue weighted by Gasteiger charge is 2.22. The van der Waals surface area contributed by atoms with Gasteiger partial charge in [-0.15, -0.1) is 11.3 Å². The van der Waals surface area contributed by atoms with E-state index in [4.69, 9.17) is 9.47 Å². The normalized spacial score (nSPS) is 15.0. The molecule has 0 bridgehead atoms. The fraction of sp³-hybridized carbons (Fsp3) is 0.444. The summed E-state index contributed by atoms with van der Waals surface area (Å²) in [7, 11) is 3.17. The van der Waals surface area contributed by atoms with Gasteiger partial charge in [0, 0.05) is 44.2 Å². The van der Waals surface area contributed by atoms with Crippen LogP contribution in [0.15, 0.2) is 23.6 Å². The van der Waals surface area contributed by atoms with Crippen molar-refractivity contribution in [1.82, 2.24) is 14.8 Å². The molecule has 2 heterocycles. The van der Waals surface area contributed by atoms with Gasteiger partial charge in [0.25, 0.3) is 0 Å². The SMILES string of the molecule is COc1ccc(OC)c(NC(=O)N2CCN(Cc3csc(C)n3)CC2)c1. The minimum absolute atomic E-state index is 0.124. The maximum absolute atomic E-state index is 12.6. The van der Waals surface area contributed by atoms with Gasteiger partial charge in [0.05, 0.1) is 30.6 Å². The first-order valence-corrected chi connectivity index (χ1v) is 9.38. The third-order valence-corrected chi connectivity index (χ3v) is 5.18. The molecule has 1 fully saturated rings. The van der Waals surface area contributed by atoms with E-state index in [1.807, 2.05) is 11.8 Å². The van der Waals surface area contributed by atoms with Crippen molar-refractivity contribution in [3.8, 4) is 11.5 Å². The number of methoxy groups -OCH3 is 2. The second-order valence-electron chi connectivity index (χ2n) is 6.12. The van der Waals surface area contributed by atoms with Crippen LogP contribution in [0.1, 0.15) is 10.7 Å². The molecule has 0 unspecified atom stereocenters. The predicted molar refractivity (Wildman–Crippen MR) is 102 cm³/mol. The number of anilines is 1. The largest absolute Gasteiger partial charge is 0.497 e. The lowest BCUT2D eigenvalue weighted by molar-refractivity contribution is 0.142. The van der Waals surface area contributed by atoms with Gasteiger partial charge in [0.2, 0.25) is 0 Å². The number of benzene rings is 1. The lowest BCUT2D eigenvalue weighted by Crippen LogP contribution is -2.49. The highest BCUT2D eigenvalue weighted by Crippen LogP contribution is 2.29. The molecule has 0 atom stereocenters. The Balaban J connectivity index is 1.55. The summed E-state index contributed by atoms with van der Waals surface area (Å²) in [4.78, 5) is 21.2. The zero-order chi connectivity index (χ0) is 18.5. The molecule has 1 aliphatic rings. The standard InChI is InChI=1S/C18H24N4O3S/c1-13-19-14(12-26-13)11-21-6-8-22(9-7-21)18(23)20-16-10-15(24-2)4-5-17(16)25-3/h4-5,10,12H,6-9,11H2,1-3H3,(H,20,23). The molecule has 8 heteroatoms. The minimum Gasteiger partial charge on any atom is -0.497 e. The van der Waals surface area contributed by atoms with Gasteiger partial charge in [0.1, 0.15) is 11.5 Å². The molecule has 7 nitrogen and oxygen atoms in total. The van der Waals surface area contributed by atoms with E-state index in [1.54, 1.807) is 43.8 Å². The number of amides is 2. The molecule has 0 radical (unpaired) electrons. The smallest absolute Gasteiger partial charge is 0.322 e. The number of carbonyl (C=O) groups excluding carboxylic acids is 1. The van der Waals surface area contributed by atoms with Crippen LogP contribution in [0, 0.1) is 6.92 Å². The number of carbonyl (C=O) groups is 1. The summed E-state index contributed by atoms with van der Waals surface area (Å²) in [5.74, 6) is 1.28. The van der Waals surface area contributed by atoms with E-state index in [-0.39, 0.29) is 6.03 Å². The van der Waals surface area contributed by atoms with E-state index in [2.05, 4.69) is 20.6 Å². The van der Waals surface area contributed by atoms with Crippen LogP contribution in [0.5, 0.6) is 11.5 Å². The monoisotopic (exact) mass is 376 g/mol. The molecule has 0 saturated carbocycles. The molecule has 2 amide bonds. The van der Waals surface area contributed by atoms with Gasteiger partial charge in [-0.25, -0.2) is 9.78 Å². The molecule has 2 aromatic rings. The van der Waals surface area contributed by atoms with Crippen LogP contribution in [-0.4, -0.2) is 61.2 Å². The second kappa shape index (κ2) is 8.37. The Bertz CT molecular complexity index is 757. The first-order valence-electron chi connectivity index (χ1n) is 8.50. The zero-order valence-electron chi connectivity index (χ0n) is 15.3. The van der Waals surface area contributed by atoms with Gasteiger partial charge in [-0.1, -0.05) is 0 Å². The molecule has 3 rings (SSSR count). The number of ether oxygens (including phenoxy) is 2. The van der Waals surface area contributed by atoms with Gasteiger partial charge in [-0.05, 0) is 19.1 Å². The summed E-state index contributed by atoms with van der Waals surface area (Å²) in [6.45, 7) is 5.88.